The molecule has 1 aromatic rings. The molecule has 0 aromatic heterocycles. The first-order chi connectivity index (χ1) is 9.50. The number of amides is 1. The van der Waals surface area contributed by atoms with E-state index in [-0.39, 0.29) is 28.2 Å². The Hall–Kier alpha value is -1.66. The number of non-ortho nitro benzene ring substituents is 1. The smallest absolute Gasteiger partial charge is 0.270 e. The predicted octanol–water partition coefficient (Wildman–Crippen LogP) is 2.50. The topological polar surface area (TPSA) is 72.7 Å². The van der Waals surface area contributed by atoms with Crippen molar-refractivity contribution in [1.82, 2.24) is 4.90 Å². The average molecular weight is 299 g/mol. The van der Waals surface area contributed by atoms with Crippen molar-refractivity contribution in [3.8, 4) is 0 Å². The van der Waals surface area contributed by atoms with Gasteiger partial charge in [-0.2, -0.15) is 0 Å². The van der Waals surface area contributed by atoms with Crippen LogP contribution >= 0.6 is 11.6 Å². The zero-order chi connectivity index (χ0) is 14.7. The summed E-state index contributed by atoms with van der Waals surface area (Å²) in [6.45, 7) is 1.23. The van der Waals surface area contributed by atoms with E-state index < -0.39 is 4.92 Å². The molecular formula is C13H15ClN2O4. The maximum absolute atomic E-state index is 12.4. The second-order valence-corrected chi connectivity index (χ2v) is 5.09. The Kier molecular flexibility index (Phi) is 4.57. The van der Waals surface area contributed by atoms with E-state index in [1.54, 1.807) is 11.9 Å². The highest BCUT2D eigenvalue weighted by Crippen LogP contribution is 2.25. The summed E-state index contributed by atoms with van der Waals surface area (Å²) in [5.74, 6) is -0.300. The average Bonchev–Trinajstić information content (AvgIpc) is 2.47. The largest absolute Gasteiger partial charge is 0.381 e. The lowest BCUT2D eigenvalue weighted by molar-refractivity contribution is -0.384. The number of benzene rings is 1. The van der Waals surface area contributed by atoms with Crippen LogP contribution < -0.4 is 0 Å². The number of rotatable bonds is 3. The molecular weight excluding hydrogens is 284 g/mol. The third-order valence-corrected chi connectivity index (χ3v) is 3.78. The molecule has 20 heavy (non-hydrogen) atoms. The molecule has 0 radical (unpaired) electrons. The molecule has 0 saturated carbocycles. The van der Waals surface area contributed by atoms with E-state index in [0.29, 0.717) is 13.2 Å². The van der Waals surface area contributed by atoms with Gasteiger partial charge in [-0.3, -0.25) is 14.9 Å². The second-order valence-electron chi connectivity index (χ2n) is 4.68. The molecule has 1 fully saturated rings. The summed E-state index contributed by atoms with van der Waals surface area (Å²) in [6, 6.07) is 3.96. The fourth-order valence-electron chi connectivity index (χ4n) is 2.22. The van der Waals surface area contributed by atoms with Gasteiger partial charge in [0.25, 0.3) is 11.6 Å². The number of nitrogens with zero attached hydrogens (tertiary/aromatic N) is 2. The number of nitro groups is 1. The lowest BCUT2D eigenvalue weighted by Crippen LogP contribution is -2.40. The van der Waals surface area contributed by atoms with Crippen molar-refractivity contribution in [3.63, 3.8) is 0 Å². The molecule has 0 unspecified atom stereocenters. The summed E-state index contributed by atoms with van der Waals surface area (Å²) < 4.78 is 5.26. The van der Waals surface area contributed by atoms with Crippen LogP contribution in [-0.4, -0.2) is 42.0 Å². The Bertz CT molecular complexity index is 529. The van der Waals surface area contributed by atoms with Gasteiger partial charge in [0.15, 0.2) is 0 Å². The normalized spacial score (nSPS) is 15.9. The van der Waals surface area contributed by atoms with Crippen molar-refractivity contribution in [3.05, 3.63) is 38.9 Å². The molecule has 1 saturated heterocycles. The van der Waals surface area contributed by atoms with Gasteiger partial charge in [-0.15, -0.1) is 0 Å². The summed E-state index contributed by atoms with van der Waals surface area (Å²) >= 11 is 5.98. The third kappa shape index (κ3) is 3.08. The number of nitro benzene ring substituents is 1. The fraction of sp³-hybridized carbons (Fsp3) is 0.462. The first kappa shape index (κ1) is 14.7. The molecule has 0 N–H and O–H groups in total. The van der Waals surface area contributed by atoms with Crippen LogP contribution in [0.15, 0.2) is 18.2 Å². The van der Waals surface area contributed by atoms with Gasteiger partial charge in [0.2, 0.25) is 0 Å². The van der Waals surface area contributed by atoms with Crippen LogP contribution in [0, 0.1) is 10.1 Å². The van der Waals surface area contributed by atoms with Crippen LogP contribution in [0.2, 0.25) is 5.02 Å². The quantitative estimate of drug-likeness (QED) is 0.635. The van der Waals surface area contributed by atoms with Crippen LogP contribution in [0.25, 0.3) is 0 Å². The minimum Gasteiger partial charge on any atom is -0.381 e. The van der Waals surface area contributed by atoms with E-state index in [9.17, 15) is 14.9 Å². The van der Waals surface area contributed by atoms with Gasteiger partial charge in [0.1, 0.15) is 0 Å². The standard InChI is InChI=1S/C13H15ClN2O4/c1-15(9-4-6-20-7-5-9)13(17)11-8-10(16(18)19)2-3-12(11)14/h2-3,8-9H,4-7H2,1H3. The van der Waals surface area contributed by atoms with Gasteiger partial charge >= 0.3 is 0 Å². The highest BCUT2D eigenvalue weighted by atomic mass is 35.5. The summed E-state index contributed by atoms with van der Waals surface area (Å²) in [5.41, 5.74) is 0.0213. The van der Waals surface area contributed by atoms with Gasteiger partial charge in [-0.1, -0.05) is 11.6 Å². The van der Waals surface area contributed by atoms with Crippen LogP contribution in [0.4, 0.5) is 5.69 Å². The van der Waals surface area contributed by atoms with Crippen LogP contribution in [0.3, 0.4) is 0 Å². The van der Waals surface area contributed by atoms with Crippen LogP contribution in [0.5, 0.6) is 0 Å². The number of hydrogen-bond acceptors (Lipinski definition) is 4. The molecule has 0 aliphatic carbocycles. The molecule has 6 nitrogen and oxygen atoms in total. The number of carbonyl (C=O) groups is 1. The molecule has 1 heterocycles. The highest BCUT2D eigenvalue weighted by Gasteiger charge is 2.25. The molecule has 1 amide bonds. The maximum atomic E-state index is 12.4. The first-order valence-electron chi connectivity index (χ1n) is 6.29. The first-order valence-corrected chi connectivity index (χ1v) is 6.67. The Balaban J connectivity index is 2.23. The minimum atomic E-state index is -0.540. The molecule has 7 heteroatoms. The number of ether oxygens (including phenoxy) is 1. The second kappa shape index (κ2) is 6.19. The van der Waals surface area contributed by atoms with Crippen molar-refractivity contribution >= 4 is 23.2 Å². The van der Waals surface area contributed by atoms with E-state index in [4.69, 9.17) is 16.3 Å². The Morgan fingerprint density at radius 3 is 2.70 bits per heavy atom. The van der Waals surface area contributed by atoms with E-state index >= 15 is 0 Å². The summed E-state index contributed by atoms with van der Waals surface area (Å²) in [5, 5.41) is 11.0. The fourth-order valence-corrected chi connectivity index (χ4v) is 2.42. The van der Waals surface area contributed by atoms with E-state index in [1.807, 2.05) is 0 Å². The van der Waals surface area contributed by atoms with Crippen molar-refractivity contribution in [2.24, 2.45) is 0 Å². The van der Waals surface area contributed by atoms with Crippen molar-refractivity contribution in [2.75, 3.05) is 20.3 Å². The summed E-state index contributed by atoms with van der Waals surface area (Å²) in [7, 11) is 1.69. The number of carbonyl (C=O) groups excluding carboxylic acids is 1. The summed E-state index contributed by atoms with van der Waals surface area (Å²) in [4.78, 5) is 24.2. The zero-order valence-corrected chi connectivity index (χ0v) is 11.8. The monoisotopic (exact) mass is 298 g/mol. The molecule has 2 rings (SSSR count). The van der Waals surface area contributed by atoms with E-state index in [0.717, 1.165) is 12.8 Å². The van der Waals surface area contributed by atoms with Gasteiger partial charge in [0, 0.05) is 38.4 Å². The lowest BCUT2D eigenvalue weighted by Gasteiger charge is -2.31. The van der Waals surface area contributed by atoms with Crippen LogP contribution in [-0.2, 0) is 4.74 Å². The van der Waals surface area contributed by atoms with Gasteiger partial charge in [-0.25, -0.2) is 0 Å². The van der Waals surface area contributed by atoms with Crippen LogP contribution in [0.1, 0.15) is 23.2 Å². The lowest BCUT2D eigenvalue weighted by atomic mass is 10.1. The van der Waals surface area contributed by atoms with Crippen molar-refractivity contribution in [2.45, 2.75) is 18.9 Å². The van der Waals surface area contributed by atoms with Gasteiger partial charge in [0.05, 0.1) is 15.5 Å². The van der Waals surface area contributed by atoms with Gasteiger partial charge in [-0.05, 0) is 18.9 Å². The molecule has 0 bridgehead atoms. The summed E-state index contributed by atoms with van der Waals surface area (Å²) in [6.07, 6.45) is 1.52. The highest BCUT2D eigenvalue weighted by molar-refractivity contribution is 6.33. The molecule has 108 valence electrons. The minimum absolute atomic E-state index is 0.0755. The Morgan fingerprint density at radius 1 is 1.45 bits per heavy atom. The SMILES string of the molecule is CN(C(=O)c1cc([N+](=O)[O-])ccc1Cl)C1CCOCC1. The van der Waals surface area contributed by atoms with Crippen molar-refractivity contribution in [1.29, 1.82) is 0 Å². The van der Waals surface area contributed by atoms with E-state index in [1.165, 1.54) is 18.2 Å². The maximum Gasteiger partial charge on any atom is 0.270 e. The Labute approximate surface area is 121 Å². The molecule has 1 aliphatic heterocycles. The molecule has 0 spiro atoms. The zero-order valence-electron chi connectivity index (χ0n) is 11.0. The van der Waals surface area contributed by atoms with Gasteiger partial charge < -0.3 is 9.64 Å². The predicted molar refractivity (Wildman–Crippen MR) is 74.0 cm³/mol. The third-order valence-electron chi connectivity index (χ3n) is 3.45. The molecule has 1 aromatic carbocycles. The molecule has 1 aliphatic rings. The number of halogens is 1. The molecule has 0 atom stereocenters. The van der Waals surface area contributed by atoms with E-state index in [2.05, 4.69) is 0 Å². The number of hydrogen-bond donors (Lipinski definition) is 0. The van der Waals surface area contributed by atoms with Crippen molar-refractivity contribution < 1.29 is 14.5 Å². The Morgan fingerprint density at radius 2 is 2.10 bits per heavy atom.